The van der Waals surface area contributed by atoms with Crippen molar-refractivity contribution in [1.82, 2.24) is 10.2 Å². The summed E-state index contributed by atoms with van der Waals surface area (Å²) in [7, 11) is 3.24. The number of hydrogen-bond donors (Lipinski definition) is 1. The van der Waals surface area contributed by atoms with E-state index in [1.54, 1.807) is 4.90 Å². The van der Waals surface area contributed by atoms with Gasteiger partial charge in [0.25, 0.3) is 0 Å². The van der Waals surface area contributed by atoms with Crippen LogP contribution in [0.2, 0.25) is 0 Å². The second-order valence-electron chi connectivity index (χ2n) is 4.33. The van der Waals surface area contributed by atoms with Crippen LogP contribution in [0.4, 0.5) is 0 Å². The van der Waals surface area contributed by atoms with Crippen LogP contribution in [-0.2, 0) is 14.3 Å². The summed E-state index contributed by atoms with van der Waals surface area (Å²) in [5, 5.41) is 3.01. The highest BCUT2D eigenvalue weighted by atomic mass is 16.5. The lowest BCUT2D eigenvalue weighted by Gasteiger charge is -2.33. The monoisotopic (exact) mass is 242 g/mol. The summed E-state index contributed by atoms with van der Waals surface area (Å²) in [5.41, 5.74) is 0. The maximum absolute atomic E-state index is 12.0. The number of esters is 1. The van der Waals surface area contributed by atoms with Crippen LogP contribution < -0.4 is 5.32 Å². The summed E-state index contributed by atoms with van der Waals surface area (Å²) in [6, 6.07) is -0.365. The average Bonchev–Trinajstić information content (AvgIpc) is 2.38. The second-order valence-corrected chi connectivity index (χ2v) is 4.33. The Morgan fingerprint density at radius 1 is 1.41 bits per heavy atom. The number of carbonyl (C=O) groups is 2. The van der Waals surface area contributed by atoms with Gasteiger partial charge in [0.1, 0.15) is 6.04 Å². The topological polar surface area (TPSA) is 58.6 Å². The molecule has 0 aromatic rings. The smallest absolute Gasteiger partial charge is 0.328 e. The van der Waals surface area contributed by atoms with Gasteiger partial charge in [-0.25, -0.2) is 4.79 Å². The Labute approximate surface area is 102 Å². The Balaban J connectivity index is 2.52. The summed E-state index contributed by atoms with van der Waals surface area (Å²) < 4.78 is 4.75. The number of piperidine rings is 1. The van der Waals surface area contributed by atoms with Crippen LogP contribution in [0.25, 0.3) is 0 Å². The van der Waals surface area contributed by atoms with E-state index in [4.69, 9.17) is 4.74 Å². The van der Waals surface area contributed by atoms with Crippen molar-refractivity contribution < 1.29 is 14.3 Å². The van der Waals surface area contributed by atoms with Crippen molar-refractivity contribution in [2.24, 2.45) is 0 Å². The van der Waals surface area contributed by atoms with Gasteiger partial charge in [0.05, 0.1) is 7.11 Å². The number of nitrogens with one attached hydrogen (secondary N) is 1. The van der Waals surface area contributed by atoms with Crippen molar-refractivity contribution in [3.05, 3.63) is 0 Å². The molecule has 0 saturated carbocycles. The molecular weight excluding hydrogens is 220 g/mol. The lowest BCUT2D eigenvalue weighted by Crippen LogP contribution is -2.48. The molecule has 1 aliphatic heterocycles. The number of carbonyl (C=O) groups excluding carboxylic acids is 2. The van der Waals surface area contributed by atoms with Crippen molar-refractivity contribution in [2.45, 2.75) is 38.1 Å². The van der Waals surface area contributed by atoms with Crippen LogP contribution in [0, 0.1) is 0 Å². The zero-order valence-corrected chi connectivity index (χ0v) is 10.7. The molecule has 0 radical (unpaired) electrons. The first kappa shape index (κ1) is 14.0. The Morgan fingerprint density at radius 2 is 2.18 bits per heavy atom. The average molecular weight is 242 g/mol. The number of hydrogen-bond acceptors (Lipinski definition) is 4. The number of amides is 1. The fourth-order valence-corrected chi connectivity index (χ4v) is 2.17. The van der Waals surface area contributed by atoms with Crippen LogP contribution in [0.1, 0.15) is 32.1 Å². The van der Waals surface area contributed by atoms with Crippen molar-refractivity contribution in [2.75, 3.05) is 27.2 Å². The minimum atomic E-state index is -0.365. The van der Waals surface area contributed by atoms with Gasteiger partial charge in [0.15, 0.2) is 0 Å². The molecule has 1 aliphatic rings. The fourth-order valence-electron chi connectivity index (χ4n) is 2.17. The van der Waals surface area contributed by atoms with E-state index in [1.807, 2.05) is 7.05 Å². The van der Waals surface area contributed by atoms with E-state index in [2.05, 4.69) is 5.32 Å². The highest BCUT2D eigenvalue weighted by Crippen LogP contribution is 2.19. The molecule has 1 rings (SSSR count). The Kier molecular flexibility index (Phi) is 5.97. The van der Waals surface area contributed by atoms with E-state index in [0.29, 0.717) is 13.0 Å². The zero-order valence-electron chi connectivity index (χ0n) is 10.7. The minimum absolute atomic E-state index is 0.0651. The highest BCUT2D eigenvalue weighted by molar-refractivity contribution is 5.84. The molecule has 1 N–H and O–H groups in total. The van der Waals surface area contributed by atoms with Gasteiger partial charge < -0.3 is 15.0 Å². The van der Waals surface area contributed by atoms with Gasteiger partial charge in [0, 0.05) is 13.0 Å². The fraction of sp³-hybridized carbons (Fsp3) is 0.833. The maximum Gasteiger partial charge on any atom is 0.328 e. The molecule has 1 atom stereocenters. The molecule has 0 aliphatic carbocycles. The molecule has 0 aromatic carbocycles. The van der Waals surface area contributed by atoms with E-state index in [9.17, 15) is 9.59 Å². The molecule has 5 nitrogen and oxygen atoms in total. The Bertz CT molecular complexity index is 268. The lowest BCUT2D eigenvalue weighted by molar-refractivity contribution is -0.154. The molecule has 0 bridgehead atoms. The lowest BCUT2D eigenvalue weighted by atomic mass is 10.0. The molecule has 1 amide bonds. The summed E-state index contributed by atoms with van der Waals surface area (Å²) in [6.45, 7) is 1.50. The molecule has 1 heterocycles. The van der Waals surface area contributed by atoms with Gasteiger partial charge in [-0.3, -0.25) is 4.79 Å². The van der Waals surface area contributed by atoms with Crippen LogP contribution in [0.15, 0.2) is 0 Å². The van der Waals surface area contributed by atoms with Crippen LogP contribution in [-0.4, -0.2) is 50.1 Å². The summed E-state index contributed by atoms with van der Waals surface area (Å²) in [5.74, 6) is -0.220. The molecular formula is C12H22N2O3. The molecule has 0 spiro atoms. The first-order valence-electron chi connectivity index (χ1n) is 6.22. The van der Waals surface area contributed by atoms with Crippen molar-refractivity contribution in [3.63, 3.8) is 0 Å². The normalized spacial score (nSPS) is 20.1. The zero-order chi connectivity index (χ0) is 12.7. The molecule has 0 aromatic heterocycles. The largest absolute Gasteiger partial charge is 0.467 e. The van der Waals surface area contributed by atoms with Crippen LogP contribution >= 0.6 is 0 Å². The summed E-state index contributed by atoms with van der Waals surface area (Å²) >= 11 is 0. The molecule has 5 heteroatoms. The minimum Gasteiger partial charge on any atom is -0.467 e. The predicted octanol–water partition coefficient (Wildman–Crippen LogP) is 0.540. The Morgan fingerprint density at radius 3 is 2.82 bits per heavy atom. The molecule has 1 fully saturated rings. The van der Waals surface area contributed by atoms with Gasteiger partial charge in [0.2, 0.25) is 5.91 Å². The third-order valence-electron chi connectivity index (χ3n) is 3.11. The first-order chi connectivity index (χ1) is 8.20. The molecule has 17 heavy (non-hydrogen) atoms. The van der Waals surface area contributed by atoms with Gasteiger partial charge in [-0.2, -0.15) is 0 Å². The molecule has 98 valence electrons. The number of ether oxygens (including phenoxy) is 1. The standard InChI is InChI=1S/C12H22N2O3/c1-13-8-5-7-11(15)14-9-4-3-6-10(14)12(16)17-2/h10,13H,3-9H2,1-2H3. The number of nitrogens with zero attached hydrogens (tertiary/aromatic N) is 1. The van der Waals surface area contributed by atoms with Gasteiger partial charge in [-0.15, -0.1) is 0 Å². The van der Waals surface area contributed by atoms with Crippen LogP contribution in [0.5, 0.6) is 0 Å². The third-order valence-corrected chi connectivity index (χ3v) is 3.11. The third kappa shape index (κ3) is 4.00. The maximum atomic E-state index is 12.0. The summed E-state index contributed by atoms with van der Waals surface area (Å²) in [6.07, 6.45) is 3.99. The first-order valence-corrected chi connectivity index (χ1v) is 6.22. The van der Waals surface area contributed by atoms with Gasteiger partial charge in [-0.05, 0) is 39.3 Å². The quantitative estimate of drug-likeness (QED) is 0.564. The van der Waals surface area contributed by atoms with Gasteiger partial charge >= 0.3 is 5.97 Å². The van der Waals surface area contributed by atoms with E-state index in [-0.39, 0.29) is 17.9 Å². The van der Waals surface area contributed by atoms with E-state index in [0.717, 1.165) is 32.2 Å². The van der Waals surface area contributed by atoms with E-state index in [1.165, 1.54) is 7.11 Å². The number of rotatable bonds is 5. The molecule has 1 saturated heterocycles. The van der Waals surface area contributed by atoms with E-state index >= 15 is 0 Å². The summed E-state index contributed by atoms with van der Waals surface area (Å²) in [4.78, 5) is 25.3. The number of likely N-dealkylation sites (tertiary alicyclic amines) is 1. The second kappa shape index (κ2) is 7.27. The van der Waals surface area contributed by atoms with Crippen molar-refractivity contribution in [3.8, 4) is 0 Å². The van der Waals surface area contributed by atoms with Crippen LogP contribution in [0.3, 0.4) is 0 Å². The number of methoxy groups -OCH3 is 1. The Hall–Kier alpha value is -1.10. The van der Waals surface area contributed by atoms with E-state index < -0.39 is 0 Å². The van der Waals surface area contributed by atoms with Crippen molar-refractivity contribution in [1.29, 1.82) is 0 Å². The highest BCUT2D eigenvalue weighted by Gasteiger charge is 2.32. The molecule has 1 unspecified atom stereocenters. The predicted molar refractivity (Wildman–Crippen MR) is 64.5 cm³/mol. The van der Waals surface area contributed by atoms with Gasteiger partial charge in [-0.1, -0.05) is 0 Å². The SMILES string of the molecule is CNCCCC(=O)N1CCCCC1C(=O)OC. The van der Waals surface area contributed by atoms with Crippen molar-refractivity contribution >= 4 is 11.9 Å².